The predicted molar refractivity (Wildman–Crippen MR) is 136 cm³/mol. The largest absolute Gasteiger partial charge is 0.394 e. The van der Waals surface area contributed by atoms with Crippen LogP contribution in [0.15, 0.2) is 36.4 Å². The van der Waals surface area contributed by atoms with E-state index in [1.807, 2.05) is 18.7 Å². The molecule has 0 aromatic heterocycles. The fourth-order valence-corrected chi connectivity index (χ4v) is 6.42. The van der Waals surface area contributed by atoms with Crippen LogP contribution in [-0.2, 0) is 10.2 Å². The van der Waals surface area contributed by atoms with E-state index in [0.717, 1.165) is 6.07 Å². The van der Waals surface area contributed by atoms with Gasteiger partial charge in [0.15, 0.2) is 0 Å². The highest BCUT2D eigenvalue weighted by molar-refractivity contribution is 6.31. The van der Waals surface area contributed by atoms with Gasteiger partial charge in [0.1, 0.15) is 17.0 Å². The number of hydrogen-bond acceptors (Lipinski definition) is 5. The van der Waals surface area contributed by atoms with Crippen LogP contribution in [0, 0.1) is 28.4 Å². The quantitative estimate of drug-likeness (QED) is 0.480. The third-order valence-corrected chi connectivity index (χ3v) is 8.11. The summed E-state index contributed by atoms with van der Waals surface area (Å²) in [5, 5.41) is 32.4. The Hall–Kier alpha value is -2.28. The van der Waals surface area contributed by atoms with Crippen molar-refractivity contribution in [1.82, 2.24) is 10.2 Å². The SMILES string of the molecule is CC1(C)CC2N(C1)C(C(=O)NCC[C@H](O)CO)C(c1cccc(Cl)c1F)C2(C#N)c1ccc(Cl)cc1F. The first-order chi connectivity index (χ1) is 17.5. The van der Waals surface area contributed by atoms with E-state index in [-0.39, 0.29) is 39.6 Å². The maximum atomic E-state index is 15.6. The summed E-state index contributed by atoms with van der Waals surface area (Å²) in [5.41, 5.74) is -1.85. The summed E-state index contributed by atoms with van der Waals surface area (Å²) in [6.07, 6.45) is -0.436. The molecule has 4 rings (SSSR count). The van der Waals surface area contributed by atoms with Crippen LogP contribution in [-0.4, -0.2) is 58.9 Å². The smallest absolute Gasteiger partial charge is 0.238 e. The van der Waals surface area contributed by atoms with Crippen LogP contribution < -0.4 is 5.32 Å². The van der Waals surface area contributed by atoms with Crippen LogP contribution in [0.1, 0.15) is 43.7 Å². The van der Waals surface area contributed by atoms with Gasteiger partial charge in [0, 0.05) is 35.6 Å². The van der Waals surface area contributed by atoms with Crippen LogP contribution in [0.5, 0.6) is 0 Å². The Kier molecular flexibility index (Phi) is 7.85. The van der Waals surface area contributed by atoms with Gasteiger partial charge in [-0.15, -0.1) is 0 Å². The Balaban J connectivity index is 1.93. The van der Waals surface area contributed by atoms with Crippen molar-refractivity contribution in [3.8, 4) is 6.07 Å². The molecule has 0 radical (unpaired) electrons. The summed E-state index contributed by atoms with van der Waals surface area (Å²) in [6.45, 7) is 4.04. The van der Waals surface area contributed by atoms with E-state index in [4.69, 9.17) is 28.3 Å². The fraction of sp³-hybridized carbons (Fsp3) is 0.481. The third kappa shape index (κ3) is 4.84. The lowest BCUT2D eigenvalue weighted by Gasteiger charge is -2.36. The van der Waals surface area contributed by atoms with Crippen LogP contribution >= 0.6 is 23.2 Å². The average Bonchev–Trinajstić information content (AvgIpc) is 3.29. The van der Waals surface area contributed by atoms with Gasteiger partial charge in [-0.25, -0.2) is 8.78 Å². The van der Waals surface area contributed by atoms with Crippen molar-refractivity contribution in [1.29, 1.82) is 5.26 Å². The van der Waals surface area contributed by atoms with Gasteiger partial charge < -0.3 is 15.5 Å². The first kappa shape index (κ1) is 27.7. The van der Waals surface area contributed by atoms with E-state index in [1.54, 1.807) is 6.07 Å². The Morgan fingerprint density at radius 2 is 2.03 bits per heavy atom. The Morgan fingerprint density at radius 3 is 2.68 bits per heavy atom. The summed E-state index contributed by atoms with van der Waals surface area (Å²) in [7, 11) is 0. The van der Waals surface area contributed by atoms with Crippen LogP contribution in [0.2, 0.25) is 10.0 Å². The van der Waals surface area contributed by atoms with E-state index < -0.39 is 53.7 Å². The molecule has 2 heterocycles. The number of aliphatic hydroxyl groups is 2. The van der Waals surface area contributed by atoms with Crippen LogP contribution in [0.25, 0.3) is 0 Å². The monoisotopic (exact) mass is 551 g/mol. The van der Waals surface area contributed by atoms with Crippen molar-refractivity contribution in [3.63, 3.8) is 0 Å². The molecule has 2 aliphatic heterocycles. The second-order valence-electron chi connectivity index (χ2n) is 10.6. The van der Waals surface area contributed by atoms with Gasteiger partial charge in [0.25, 0.3) is 0 Å². The minimum atomic E-state index is -1.64. The lowest BCUT2D eigenvalue weighted by Crippen LogP contribution is -2.47. The van der Waals surface area contributed by atoms with Gasteiger partial charge in [-0.2, -0.15) is 5.26 Å². The van der Waals surface area contributed by atoms with Crippen molar-refractivity contribution in [2.24, 2.45) is 5.41 Å². The molecule has 0 saturated carbocycles. The van der Waals surface area contributed by atoms with Gasteiger partial charge in [0.2, 0.25) is 5.91 Å². The number of nitrogens with one attached hydrogen (secondary N) is 1. The Bertz CT molecular complexity index is 1240. The first-order valence-corrected chi connectivity index (χ1v) is 12.9. The van der Waals surface area contributed by atoms with Gasteiger partial charge in [-0.3, -0.25) is 9.69 Å². The van der Waals surface area contributed by atoms with Crippen molar-refractivity contribution in [2.75, 3.05) is 19.7 Å². The summed E-state index contributed by atoms with van der Waals surface area (Å²) in [4.78, 5) is 15.6. The molecule has 198 valence electrons. The molecular formula is C27H29Cl2F2N3O3. The summed E-state index contributed by atoms with van der Waals surface area (Å²) in [6, 6.07) is 9.15. The number of fused-ring (bicyclic) bond motifs is 1. The Labute approximate surface area is 224 Å². The standard InChI is InChI=1S/C27H29Cl2F2N3O3/c1-26(2)11-21-27(13-32,18-7-6-15(28)10-20(18)30)22(17-4-3-5-19(29)23(17)31)24(34(21)14-26)25(37)33-9-8-16(36)12-35/h3-7,10,16,21-22,24,35-36H,8-9,11-12,14H2,1-2H3,(H,33,37)/t16-,21?,22?,24?,27?/m0/s1. The third-order valence-electron chi connectivity index (χ3n) is 7.58. The molecule has 5 atom stereocenters. The molecule has 0 aliphatic carbocycles. The Morgan fingerprint density at radius 1 is 1.30 bits per heavy atom. The predicted octanol–water partition coefficient (Wildman–Crippen LogP) is 4.16. The molecule has 37 heavy (non-hydrogen) atoms. The number of halogens is 4. The number of nitriles is 1. The maximum Gasteiger partial charge on any atom is 0.238 e. The molecule has 0 bridgehead atoms. The molecule has 10 heteroatoms. The van der Waals surface area contributed by atoms with Crippen molar-refractivity contribution in [2.45, 2.75) is 56.2 Å². The molecule has 2 aromatic rings. The molecule has 2 aliphatic rings. The van der Waals surface area contributed by atoms with Gasteiger partial charge in [0.05, 0.1) is 29.8 Å². The highest BCUT2D eigenvalue weighted by atomic mass is 35.5. The van der Waals surface area contributed by atoms with Gasteiger partial charge in [-0.1, -0.05) is 55.2 Å². The zero-order valence-corrected chi connectivity index (χ0v) is 22.0. The summed E-state index contributed by atoms with van der Waals surface area (Å²) in [5.74, 6) is -3.06. The maximum absolute atomic E-state index is 15.6. The zero-order chi connectivity index (χ0) is 27.1. The number of amides is 1. The molecule has 2 aromatic carbocycles. The second-order valence-corrected chi connectivity index (χ2v) is 11.5. The van der Waals surface area contributed by atoms with Crippen molar-refractivity contribution >= 4 is 29.1 Å². The molecule has 1 amide bonds. The number of rotatable bonds is 7. The molecule has 6 nitrogen and oxygen atoms in total. The van der Waals surface area contributed by atoms with E-state index in [2.05, 4.69) is 11.4 Å². The fourth-order valence-electron chi connectivity index (χ4n) is 6.08. The summed E-state index contributed by atoms with van der Waals surface area (Å²) < 4.78 is 31.2. The number of nitrogens with zero attached hydrogens (tertiary/aromatic N) is 2. The molecule has 0 spiro atoms. The number of hydrogen-bond donors (Lipinski definition) is 3. The molecule has 2 saturated heterocycles. The molecule has 2 fully saturated rings. The highest BCUT2D eigenvalue weighted by Crippen LogP contribution is 2.59. The van der Waals surface area contributed by atoms with Crippen molar-refractivity contribution < 1.29 is 23.8 Å². The van der Waals surface area contributed by atoms with E-state index in [9.17, 15) is 15.2 Å². The number of carbonyl (C=O) groups is 1. The highest BCUT2D eigenvalue weighted by Gasteiger charge is 2.67. The summed E-state index contributed by atoms with van der Waals surface area (Å²) >= 11 is 12.2. The average molecular weight is 552 g/mol. The van der Waals surface area contributed by atoms with Crippen LogP contribution in [0.3, 0.4) is 0 Å². The van der Waals surface area contributed by atoms with E-state index in [0.29, 0.717) is 13.0 Å². The number of benzene rings is 2. The number of carbonyl (C=O) groups excluding carboxylic acids is 1. The minimum Gasteiger partial charge on any atom is -0.394 e. The molecule has 3 N–H and O–H groups in total. The number of aliphatic hydroxyl groups excluding tert-OH is 2. The normalized spacial score (nSPS) is 27.5. The molecular weight excluding hydrogens is 523 g/mol. The van der Waals surface area contributed by atoms with Crippen LogP contribution in [0.4, 0.5) is 8.78 Å². The minimum absolute atomic E-state index is 0.0440. The lowest BCUT2D eigenvalue weighted by molar-refractivity contribution is -0.126. The van der Waals surface area contributed by atoms with Gasteiger partial charge >= 0.3 is 0 Å². The van der Waals surface area contributed by atoms with Gasteiger partial charge in [-0.05, 0) is 42.0 Å². The van der Waals surface area contributed by atoms with Crippen molar-refractivity contribution in [3.05, 3.63) is 69.2 Å². The van der Waals surface area contributed by atoms with E-state index >= 15 is 8.78 Å². The zero-order valence-electron chi connectivity index (χ0n) is 20.5. The first-order valence-electron chi connectivity index (χ1n) is 12.1. The van der Waals surface area contributed by atoms with E-state index in [1.165, 1.54) is 24.3 Å². The topological polar surface area (TPSA) is 96.6 Å². The lowest BCUT2D eigenvalue weighted by atomic mass is 9.63. The molecule has 4 unspecified atom stereocenters. The second kappa shape index (κ2) is 10.5.